The third-order valence-corrected chi connectivity index (χ3v) is 7.55. The zero-order chi connectivity index (χ0) is 25.8. The number of hydrogen-bond acceptors (Lipinski definition) is 5. The maximum atomic E-state index is 14.3. The summed E-state index contributed by atoms with van der Waals surface area (Å²) in [5.74, 6) is 1.07. The minimum atomic E-state index is -2.68. The lowest BCUT2D eigenvalue weighted by molar-refractivity contribution is -0.135. The normalized spacial score (nSPS) is 18.7. The minimum Gasteiger partial charge on any atom is -0.381 e. The van der Waals surface area contributed by atoms with Crippen LogP contribution < -0.4 is 0 Å². The van der Waals surface area contributed by atoms with E-state index in [1.165, 1.54) is 6.07 Å². The van der Waals surface area contributed by atoms with E-state index in [0.29, 0.717) is 41.8 Å². The van der Waals surface area contributed by atoms with E-state index in [0.717, 1.165) is 35.6 Å². The van der Waals surface area contributed by atoms with E-state index in [4.69, 9.17) is 9.72 Å². The third kappa shape index (κ3) is 3.90. The molecule has 192 valence electrons. The van der Waals surface area contributed by atoms with Crippen molar-refractivity contribution in [2.24, 2.45) is 7.05 Å². The molecule has 0 spiro atoms. The Morgan fingerprint density at radius 3 is 2.62 bits per heavy atom. The Kier molecular flexibility index (Phi) is 5.78. The first-order valence-corrected chi connectivity index (χ1v) is 12.5. The average Bonchev–Trinajstić information content (AvgIpc) is 3.50. The van der Waals surface area contributed by atoms with Crippen LogP contribution in [0.2, 0.25) is 0 Å². The third-order valence-electron chi connectivity index (χ3n) is 7.55. The van der Waals surface area contributed by atoms with Gasteiger partial charge in [0, 0.05) is 67.7 Å². The second kappa shape index (κ2) is 9.02. The second-order valence-electron chi connectivity index (χ2n) is 9.91. The van der Waals surface area contributed by atoms with E-state index in [1.807, 2.05) is 13.0 Å². The number of rotatable bonds is 4. The average molecular weight is 507 g/mol. The Hall–Kier alpha value is -3.66. The van der Waals surface area contributed by atoms with Gasteiger partial charge in [-0.05, 0) is 43.5 Å². The highest BCUT2D eigenvalue weighted by Crippen LogP contribution is 2.41. The van der Waals surface area contributed by atoms with Crippen LogP contribution in [0.15, 0.2) is 36.8 Å². The van der Waals surface area contributed by atoms with E-state index in [9.17, 15) is 13.6 Å². The molecule has 1 amide bonds. The van der Waals surface area contributed by atoms with Crippen LogP contribution in [0.1, 0.15) is 55.2 Å². The summed E-state index contributed by atoms with van der Waals surface area (Å²) < 4.78 is 37.9. The van der Waals surface area contributed by atoms with Crippen molar-refractivity contribution in [3.05, 3.63) is 53.9 Å². The zero-order valence-corrected chi connectivity index (χ0v) is 21.0. The summed E-state index contributed by atoms with van der Waals surface area (Å²) in [7, 11) is 3.54. The van der Waals surface area contributed by atoms with Gasteiger partial charge in [0.1, 0.15) is 11.9 Å². The topological polar surface area (TPSA) is 78.1 Å². The fourth-order valence-corrected chi connectivity index (χ4v) is 5.67. The van der Waals surface area contributed by atoms with Crippen LogP contribution in [0.25, 0.3) is 33.3 Å². The van der Waals surface area contributed by atoms with Gasteiger partial charge in [0.25, 0.3) is 6.43 Å². The molecular weight excluding hydrogens is 478 g/mol. The molecule has 0 radical (unpaired) electrons. The van der Waals surface area contributed by atoms with Gasteiger partial charge in [0.15, 0.2) is 0 Å². The zero-order valence-electron chi connectivity index (χ0n) is 21.0. The van der Waals surface area contributed by atoms with Crippen LogP contribution in [0.4, 0.5) is 8.78 Å². The monoisotopic (exact) mass is 506 g/mol. The first kappa shape index (κ1) is 23.7. The van der Waals surface area contributed by atoms with Gasteiger partial charge in [-0.3, -0.25) is 14.5 Å². The summed E-state index contributed by atoms with van der Waals surface area (Å²) in [6.07, 6.45) is 3.97. The largest absolute Gasteiger partial charge is 0.381 e. The summed E-state index contributed by atoms with van der Waals surface area (Å²) >= 11 is 0. The number of aromatic nitrogens is 5. The number of hydrogen-bond donors (Lipinski definition) is 0. The maximum Gasteiger partial charge on any atom is 0.264 e. The summed E-state index contributed by atoms with van der Waals surface area (Å²) in [6, 6.07) is 4.68. The molecule has 5 heterocycles. The molecular formula is C27H28F2N6O2. The molecule has 0 unspecified atom stereocenters. The highest BCUT2D eigenvalue weighted by molar-refractivity contribution is 5.97. The molecule has 2 aliphatic rings. The fourth-order valence-electron chi connectivity index (χ4n) is 5.67. The molecule has 37 heavy (non-hydrogen) atoms. The number of alkyl halides is 2. The first-order valence-electron chi connectivity index (χ1n) is 12.5. The Morgan fingerprint density at radius 1 is 1.14 bits per heavy atom. The van der Waals surface area contributed by atoms with Crippen molar-refractivity contribution >= 4 is 16.8 Å². The van der Waals surface area contributed by atoms with E-state index in [-0.39, 0.29) is 17.4 Å². The lowest BCUT2D eigenvalue weighted by atomic mass is 9.96. The predicted molar refractivity (Wildman–Crippen MR) is 134 cm³/mol. The number of imidazole rings is 1. The lowest BCUT2D eigenvalue weighted by Crippen LogP contribution is -2.40. The summed E-state index contributed by atoms with van der Waals surface area (Å²) in [5, 5.41) is 4.76. The molecule has 1 saturated heterocycles. The van der Waals surface area contributed by atoms with Crippen molar-refractivity contribution in [2.45, 2.75) is 44.7 Å². The van der Waals surface area contributed by atoms with Gasteiger partial charge >= 0.3 is 0 Å². The number of fused-ring (bicyclic) bond motifs is 2. The minimum absolute atomic E-state index is 0.0328. The summed E-state index contributed by atoms with van der Waals surface area (Å²) in [5.41, 5.74) is 3.92. The maximum absolute atomic E-state index is 14.3. The molecule has 1 fully saturated rings. The van der Waals surface area contributed by atoms with Crippen molar-refractivity contribution in [1.29, 1.82) is 0 Å². The quantitative estimate of drug-likeness (QED) is 0.395. The Bertz CT molecular complexity index is 1500. The summed E-state index contributed by atoms with van der Waals surface area (Å²) in [6.45, 7) is 3.60. The number of likely N-dealkylation sites (N-methyl/N-ethyl adjacent to an activating group) is 1. The Balaban J connectivity index is 1.58. The number of carbonyl (C=O) groups excluding carboxylic acids is 1. The first-order chi connectivity index (χ1) is 17.8. The highest BCUT2D eigenvalue weighted by Gasteiger charge is 2.36. The van der Waals surface area contributed by atoms with E-state index in [1.54, 1.807) is 48.3 Å². The van der Waals surface area contributed by atoms with Gasteiger partial charge in [-0.15, -0.1) is 0 Å². The number of nitrogens with zero attached hydrogens (tertiary/aromatic N) is 6. The number of ether oxygens (including phenoxy) is 1. The second-order valence-corrected chi connectivity index (χ2v) is 9.91. The molecule has 2 aliphatic heterocycles. The van der Waals surface area contributed by atoms with Crippen LogP contribution in [0, 0.1) is 0 Å². The number of halogens is 2. The highest BCUT2D eigenvalue weighted by atomic mass is 19.3. The van der Waals surface area contributed by atoms with Gasteiger partial charge in [0.2, 0.25) is 5.91 Å². The number of benzene rings is 1. The fraction of sp³-hybridized carbons (Fsp3) is 0.407. The van der Waals surface area contributed by atoms with Crippen LogP contribution in [-0.4, -0.2) is 55.4 Å². The molecule has 0 aliphatic carbocycles. The SMILES string of the molecule is C[C@H]1C(=O)N(C)Cc2c(-c3ccnc4cc(-c5cnn(C)c5)c(C(F)F)cc34)nc(C3CCOCC3)n21. The van der Waals surface area contributed by atoms with Crippen molar-refractivity contribution in [2.75, 3.05) is 20.3 Å². The van der Waals surface area contributed by atoms with Crippen molar-refractivity contribution in [3.8, 4) is 22.4 Å². The van der Waals surface area contributed by atoms with Gasteiger partial charge in [-0.25, -0.2) is 13.8 Å². The molecule has 1 atom stereocenters. The number of aryl methyl sites for hydroxylation is 1. The van der Waals surface area contributed by atoms with Crippen molar-refractivity contribution < 1.29 is 18.3 Å². The number of amides is 1. The van der Waals surface area contributed by atoms with E-state index in [2.05, 4.69) is 14.6 Å². The van der Waals surface area contributed by atoms with E-state index >= 15 is 0 Å². The molecule has 10 heteroatoms. The molecule has 8 nitrogen and oxygen atoms in total. The lowest BCUT2D eigenvalue weighted by Gasteiger charge is -2.32. The molecule has 0 bridgehead atoms. The molecule has 0 saturated carbocycles. The van der Waals surface area contributed by atoms with Crippen LogP contribution in [0.5, 0.6) is 0 Å². The van der Waals surface area contributed by atoms with Crippen LogP contribution >= 0.6 is 0 Å². The number of carbonyl (C=O) groups is 1. The van der Waals surface area contributed by atoms with E-state index < -0.39 is 12.5 Å². The molecule has 3 aromatic heterocycles. The summed E-state index contributed by atoms with van der Waals surface area (Å²) in [4.78, 5) is 24.3. The van der Waals surface area contributed by atoms with Crippen LogP contribution in [0.3, 0.4) is 0 Å². The molecule has 1 aromatic carbocycles. The predicted octanol–water partition coefficient (Wildman–Crippen LogP) is 4.86. The van der Waals surface area contributed by atoms with Gasteiger partial charge in [-0.2, -0.15) is 5.10 Å². The number of pyridine rings is 1. The Morgan fingerprint density at radius 2 is 1.92 bits per heavy atom. The molecule has 6 rings (SSSR count). The van der Waals surface area contributed by atoms with Crippen LogP contribution in [-0.2, 0) is 23.1 Å². The Labute approximate surface area is 212 Å². The van der Waals surface area contributed by atoms with Gasteiger partial charge in [-0.1, -0.05) is 0 Å². The van der Waals surface area contributed by atoms with Crippen molar-refractivity contribution in [1.82, 2.24) is 29.2 Å². The van der Waals surface area contributed by atoms with Crippen molar-refractivity contribution in [3.63, 3.8) is 0 Å². The van der Waals surface area contributed by atoms with Gasteiger partial charge < -0.3 is 14.2 Å². The molecule has 0 N–H and O–H groups in total. The smallest absolute Gasteiger partial charge is 0.264 e. The standard InChI is InChI=1S/C27H28F2N6O2/c1-15-27(36)33(2)14-23-24(32-26(35(15)23)16-5-8-37-9-6-16)18-4-7-30-22-11-19(17-12-31-34(3)13-17)21(25(28)29)10-20(18)22/h4,7,10-13,15-16,25H,5-6,8-9,14H2,1-3H3/t15-/m0/s1. The molecule has 4 aromatic rings. The van der Waals surface area contributed by atoms with Gasteiger partial charge in [0.05, 0.1) is 29.6 Å².